The third-order valence-electron chi connectivity index (χ3n) is 13.7. The Labute approximate surface area is 449 Å². The average molecular weight is 1020 g/mol. The Hall–Kier alpha value is -6.44. The summed E-state index contributed by atoms with van der Waals surface area (Å²) < 4.78 is 0. The molecule has 0 aromatic heterocycles. The van der Waals surface area contributed by atoms with Crippen LogP contribution in [-0.2, 0) is 39.0 Å². The molecule has 0 nitrogen and oxygen atoms in total. The van der Waals surface area contributed by atoms with Gasteiger partial charge in [-0.25, -0.2) is 0 Å². The van der Waals surface area contributed by atoms with Gasteiger partial charge in [0.05, 0.1) is 0 Å². The van der Waals surface area contributed by atoms with Crippen LogP contribution < -0.4 is 0 Å². The van der Waals surface area contributed by atoms with Crippen LogP contribution in [0.1, 0.15) is 52.7 Å². The minimum absolute atomic E-state index is 0. The molecule has 0 amide bonds. The second kappa shape index (κ2) is 21.3. The number of hydrogen-bond donors (Lipinski definition) is 0. The van der Waals surface area contributed by atoms with Gasteiger partial charge in [-0.3, -0.25) is 0 Å². The van der Waals surface area contributed by atoms with Crippen molar-refractivity contribution in [3.05, 3.63) is 230 Å². The van der Waals surface area contributed by atoms with E-state index in [1.165, 1.54) is 120 Å². The molecule has 2 radical (unpaired) electrons. The zero-order valence-electron chi connectivity index (χ0n) is 43.2. The van der Waals surface area contributed by atoms with E-state index in [1.807, 2.05) is 0 Å². The molecule has 12 aromatic rings. The van der Waals surface area contributed by atoms with E-state index in [4.69, 9.17) is 0 Å². The summed E-state index contributed by atoms with van der Waals surface area (Å²) in [5, 5.41) is 15.8. The maximum absolute atomic E-state index is 2.44. The van der Waals surface area contributed by atoms with Crippen molar-refractivity contribution in [1.82, 2.24) is 0 Å². The third-order valence-corrected chi connectivity index (χ3v) is 13.7. The molecule has 2 heteroatoms. The predicted molar refractivity (Wildman–Crippen MR) is 315 cm³/mol. The van der Waals surface area contributed by atoms with Gasteiger partial charge in [0.15, 0.2) is 0 Å². The summed E-state index contributed by atoms with van der Waals surface area (Å²) in [6.45, 7) is 18.2. The van der Waals surface area contributed by atoms with Gasteiger partial charge in [-0.2, -0.15) is 12.1 Å². The molecule has 0 unspecified atom stereocenters. The van der Waals surface area contributed by atoms with E-state index in [2.05, 4.69) is 273 Å². The smallest absolute Gasteiger partial charge is 0.164 e. The van der Waals surface area contributed by atoms with Crippen molar-refractivity contribution in [2.75, 3.05) is 0 Å². The average Bonchev–Trinajstić information content (AvgIpc) is 3.98. The van der Waals surface area contributed by atoms with E-state index >= 15 is 0 Å². The first-order valence-corrected chi connectivity index (χ1v) is 27.3. The van der Waals surface area contributed by atoms with E-state index < -0.39 is 0 Å². The molecule has 0 N–H and O–H groups in total. The number of fused-ring (bicyclic) bond motifs is 6. The van der Waals surface area contributed by atoms with Crippen LogP contribution in [0.3, 0.4) is 0 Å². The third kappa shape index (κ3) is 10.5. The summed E-state index contributed by atoms with van der Waals surface area (Å²) in [5.41, 5.74) is 13.8. The summed E-state index contributed by atoms with van der Waals surface area (Å²) >= 11 is 0. The molecule has 352 valence electrons. The van der Waals surface area contributed by atoms with Crippen molar-refractivity contribution < 1.29 is 26.2 Å². The Morgan fingerprint density at radius 1 is 0.306 bits per heavy atom. The van der Waals surface area contributed by atoms with Gasteiger partial charge in [0, 0.05) is 9.52 Å². The quantitative estimate of drug-likeness (QED) is 0.115. The topological polar surface area (TPSA) is 0 Å². The molecule has 12 rings (SSSR count). The van der Waals surface area contributed by atoms with Crippen molar-refractivity contribution in [1.29, 1.82) is 0 Å². The first-order valence-electron chi connectivity index (χ1n) is 25.3. The molecular weight excluding hydrogens is 960 g/mol. The second-order valence-electron chi connectivity index (χ2n) is 21.8. The standard InChI is InChI=1S/2C34H29.C2H6Si.Zr/c2*1-34(2,3)22-23-20-32-30(28-16-8-12-24-10-4-6-14-26(24)28)18-19-31(33(32)21-23)29-17-9-13-25-11-5-7-15-27(25)29;1-3-2;/h2*4-21H,22H2,1-3H3;1-2H3;/q2*-1;;+2. The van der Waals surface area contributed by atoms with E-state index in [1.54, 1.807) is 0 Å². The van der Waals surface area contributed by atoms with E-state index in [0.29, 0.717) is 0 Å². The minimum Gasteiger partial charge on any atom is -0.164 e. The van der Waals surface area contributed by atoms with Crippen LogP contribution in [0.25, 0.3) is 109 Å². The molecule has 0 heterocycles. The molecular formula is C70H64SiZr. The normalized spacial score (nSPS) is 11.7. The Kier molecular flexibility index (Phi) is 15.0. The fourth-order valence-corrected chi connectivity index (χ4v) is 10.9. The SMILES string of the molecule is CC(C)(C)Cc1cc2c(-c3cccc4ccccc34)ccc(-c3cccc4ccccc34)c2[cH-]1.CC(C)(C)Cc1cc2c(-c3cccc4ccccc34)ccc(-c3cccc4ccccc34)c2[cH-]1.C[Si]C.[Zr+2]. The molecule has 12 aromatic carbocycles. The van der Waals surface area contributed by atoms with Crippen molar-refractivity contribution in [2.24, 2.45) is 10.8 Å². The maximum Gasteiger partial charge on any atom is 2.00 e. The maximum atomic E-state index is 2.44. The number of benzene rings is 10. The van der Waals surface area contributed by atoms with Gasteiger partial charge in [0.25, 0.3) is 0 Å². The van der Waals surface area contributed by atoms with Crippen LogP contribution in [0.2, 0.25) is 13.1 Å². The van der Waals surface area contributed by atoms with Crippen LogP contribution in [-0.4, -0.2) is 9.52 Å². The summed E-state index contributed by atoms with van der Waals surface area (Å²) in [6.07, 6.45) is 2.12. The van der Waals surface area contributed by atoms with Gasteiger partial charge in [-0.1, -0.05) is 282 Å². The minimum atomic E-state index is 0. The predicted octanol–water partition coefficient (Wildman–Crippen LogP) is 20.4. The second-order valence-corrected chi connectivity index (χ2v) is 22.8. The molecule has 0 atom stereocenters. The summed E-state index contributed by atoms with van der Waals surface area (Å²) in [7, 11) is 1.08. The Morgan fingerprint density at radius 3 is 0.833 bits per heavy atom. The summed E-state index contributed by atoms with van der Waals surface area (Å²) in [5.74, 6) is 0. The van der Waals surface area contributed by atoms with Gasteiger partial charge in [0.1, 0.15) is 0 Å². The van der Waals surface area contributed by atoms with Gasteiger partial charge < -0.3 is 0 Å². The van der Waals surface area contributed by atoms with Gasteiger partial charge >= 0.3 is 26.2 Å². The van der Waals surface area contributed by atoms with Crippen molar-refractivity contribution in [3.8, 4) is 44.5 Å². The van der Waals surface area contributed by atoms with E-state index in [0.717, 1.165) is 22.4 Å². The van der Waals surface area contributed by atoms with Crippen LogP contribution >= 0.6 is 0 Å². The monoisotopic (exact) mass is 1020 g/mol. The number of rotatable bonds is 6. The van der Waals surface area contributed by atoms with Crippen molar-refractivity contribution in [2.45, 2.75) is 67.5 Å². The van der Waals surface area contributed by atoms with Crippen molar-refractivity contribution in [3.63, 3.8) is 0 Å². The van der Waals surface area contributed by atoms with Crippen molar-refractivity contribution >= 4 is 74.2 Å². The van der Waals surface area contributed by atoms with Crippen LogP contribution in [0, 0.1) is 10.8 Å². The van der Waals surface area contributed by atoms with Crippen LogP contribution in [0.4, 0.5) is 0 Å². The summed E-state index contributed by atoms with van der Waals surface area (Å²) in [6, 6.07) is 80.6. The van der Waals surface area contributed by atoms with E-state index in [9.17, 15) is 0 Å². The molecule has 0 bridgehead atoms. The molecule has 0 fully saturated rings. The number of hydrogen-bond acceptors (Lipinski definition) is 0. The fourth-order valence-electron chi connectivity index (χ4n) is 10.9. The molecule has 0 aliphatic heterocycles. The molecule has 0 aliphatic carbocycles. The zero-order chi connectivity index (χ0) is 49.3. The molecule has 0 saturated heterocycles. The zero-order valence-corrected chi connectivity index (χ0v) is 46.7. The Balaban J connectivity index is 0.000000167. The largest absolute Gasteiger partial charge is 2.00 e. The summed E-state index contributed by atoms with van der Waals surface area (Å²) in [4.78, 5) is 0. The first-order chi connectivity index (χ1) is 34.4. The fraction of sp³-hybridized carbons (Fsp3) is 0.171. The van der Waals surface area contributed by atoms with Gasteiger partial charge in [0.2, 0.25) is 0 Å². The molecule has 0 aliphatic rings. The van der Waals surface area contributed by atoms with Crippen LogP contribution in [0.15, 0.2) is 218 Å². The van der Waals surface area contributed by atoms with Gasteiger partial charge in [-0.15, -0.1) is 44.8 Å². The first kappa shape index (κ1) is 50.5. The van der Waals surface area contributed by atoms with Gasteiger partial charge in [-0.05, 0) is 77.9 Å². The molecule has 0 saturated carbocycles. The van der Waals surface area contributed by atoms with E-state index in [-0.39, 0.29) is 37.0 Å². The molecule has 72 heavy (non-hydrogen) atoms. The Bertz CT molecular complexity index is 3340. The Morgan fingerprint density at radius 2 is 0.542 bits per heavy atom. The van der Waals surface area contributed by atoms with Crippen LogP contribution in [0.5, 0.6) is 0 Å². The molecule has 0 spiro atoms.